The van der Waals surface area contributed by atoms with E-state index in [1.807, 2.05) is 31.6 Å². The zero-order valence-electron chi connectivity index (χ0n) is 9.87. The van der Waals surface area contributed by atoms with Crippen molar-refractivity contribution in [1.29, 1.82) is 0 Å². The minimum absolute atomic E-state index is 0.753. The average molecular weight is 292 g/mol. The molecular weight excluding hydrogens is 278 g/mol. The van der Waals surface area contributed by atoms with Gasteiger partial charge >= 0.3 is 0 Å². The molecule has 1 N–H and O–H groups in total. The molecule has 0 aliphatic rings. The lowest BCUT2D eigenvalue weighted by atomic mass is 10.1. The molecule has 88 valence electrons. The summed E-state index contributed by atoms with van der Waals surface area (Å²) in [7, 11) is 0. The molecule has 0 spiro atoms. The van der Waals surface area contributed by atoms with Crippen molar-refractivity contribution < 1.29 is 0 Å². The van der Waals surface area contributed by atoms with E-state index in [1.54, 1.807) is 0 Å². The first kappa shape index (κ1) is 12.0. The Morgan fingerprint density at radius 2 is 2.12 bits per heavy atom. The van der Waals surface area contributed by atoms with E-state index in [-0.39, 0.29) is 0 Å². The summed E-state index contributed by atoms with van der Waals surface area (Å²) in [5, 5.41) is 3.31. The Kier molecular flexibility index (Phi) is 3.74. The lowest BCUT2D eigenvalue weighted by Crippen LogP contribution is -2.04. The summed E-state index contributed by atoms with van der Waals surface area (Å²) in [5.41, 5.74) is 3.56. The Balaban J connectivity index is 2.10. The van der Waals surface area contributed by atoms with Crippen LogP contribution in [0.15, 0.2) is 35.2 Å². The standard InChI is InChI=1S/C13H14BrN3/c1-9-5-12(14)13(16-6-9)17-8-11-3-4-15-7-10(11)2/h3-7H,8H2,1-2H3,(H,16,17). The first-order chi connectivity index (χ1) is 8.16. The van der Waals surface area contributed by atoms with Crippen LogP contribution < -0.4 is 5.32 Å². The van der Waals surface area contributed by atoms with Crippen molar-refractivity contribution in [2.75, 3.05) is 5.32 Å². The van der Waals surface area contributed by atoms with Gasteiger partial charge in [0, 0.05) is 25.1 Å². The minimum Gasteiger partial charge on any atom is -0.365 e. The Bertz CT molecular complexity index is 526. The number of aryl methyl sites for hydroxylation is 2. The van der Waals surface area contributed by atoms with Crippen LogP contribution in [0.4, 0.5) is 5.82 Å². The molecule has 0 aliphatic carbocycles. The van der Waals surface area contributed by atoms with Gasteiger partial charge in [-0.2, -0.15) is 0 Å². The van der Waals surface area contributed by atoms with Crippen molar-refractivity contribution in [3.05, 3.63) is 51.9 Å². The van der Waals surface area contributed by atoms with Crippen LogP contribution in [0.2, 0.25) is 0 Å². The summed E-state index contributed by atoms with van der Waals surface area (Å²) in [6, 6.07) is 4.07. The lowest BCUT2D eigenvalue weighted by molar-refractivity contribution is 1.06. The monoisotopic (exact) mass is 291 g/mol. The number of aromatic nitrogens is 2. The Labute approximate surface area is 109 Å². The molecule has 0 bridgehead atoms. The summed E-state index contributed by atoms with van der Waals surface area (Å²) in [6.07, 6.45) is 5.53. The number of nitrogens with zero attached hydrogens (tertiary/aromatic N) is 2. The van der Waals surface area contributed by atoms with E-state index in [4.69, 9.17) is 0 Å². The van der Waals surface area contributed by atoms with Crippen LogP contribution in [0.1, 0.15) is 16.7 Å². The molecule has 0 saturated heterocycles. The van der Waals surface area contributed by atoms with Gasteiger partial charge in [0.1, 0.15) is 5.82 Å². The van der Waals surface area contributed by atoms with Gasteiger partial charge in [-0.3, -0.25) is 4.98 Å². The Morgan fingerprint density at radius 3 is 2.82 bits per heavy atom. The van der Waals surface area contributed by atoms with E-state index in [2.05, 4.69) is 44.2 Å². The zero-order valence-corrected chi connectivity index (χ0v) is 11.5. The number of pyridine rings is 2. The largest absolute Gasteiger partial charge is 0.365 e. The summed E-state index contributed by atoms with van der Waals surface area (Å²) < 4.78 is 0.990. The minimum atomic E-state index is 0.753. The smallest absolute Gasteiger partial charge is 0.140 e. The van der Waals surface area contributed by atoms with E-state index >= 15 is 0 Å². The SMILES string of the molecule is Cc1cnc(NCc2ccncc2C)c(Br)c1. The normalized spacial score (nSPS) is 10.3. The van der Waals surface area contributed by atoms with Crippen LogP contribution in [0.25, 0.3) is 0 Å². The number of anilines is 1. The molecule has 0 atom stereocenters. The number of rotatable bonds is 3. The first-order valence-corrected chi connectivity index (χ1v) is 6.21. The van der Waals surface area contributed by atoms with Gasteiger partial charge in [0.2, 0.25) is 0 Å². The van der Waals surface area contributed by atoms with Crippen LogP contribution in [-0.2, 0) is 6.54 Å². The first-order valence-electron chi connectivity index (χ1n) is 5.42. The molecule has 0 fully saturated rings. The van der Waals surface area contributed by atoms with Crippen molar-refractivity contribution in [2.45, 2.75) is 20.4 Å². The zero-order chi connectivity index (χ0) is 12.3. The molecule has 3 nitrogen and oxygen atoms in total. The molecule has 0 aromatic carbocycles. The quantitative estimate of drug-likeness (QED) is 0.941. The van der Waals surface area contributed by atoms with E-state index in [9.17, 15) is 0 Å². The van der Waals surface area contributed by atoms with E-state index < -0.39 is 0 Å². The molecule has 2 aromatic heterocycles. The van der Waals surface area contributed by atoms with Gasteiger partial charge in [-0.05, 0) is 58.6 Å². The number of hydrogen-bond donors (Lipinski definition) is 1. The predicted molar refractivity (Wildman–Crippen MR) is 73.0 cm³/mol. The highest BCUT2D eigenvalue weighted by molar-refractivity contribution is 9.10. The molecule has 4 heteroatoms. The highest BCUT2D eigenvalue weighted by Gasteiger charge is 2.02. The van der Waals surface area contributed by atoms with Crippen LogP contribution >= 0.6 is 15.9 Å². The van der Waals surface area contributed by atoms with Gasteiger partial charge in [-0.25, -0.2) is 4.98 Å². The maximum atomic E-state index is 4.35. The summed E-state index contributed by atoms with van der Waals surface area (Å²) in [5.74, 6) is 0.867. The summed E-state index contributed by atoms with van der Waals surface area (Å²) >= 11 is 3.50. The topological polar surface area (TPSA) is 37.8 Å². The second kappa shape index (κ2) is 5.27. The number of halogens is 1. The van der Waals surface area contributed by atoms with Gasteiger partial charge in [0.05, 0.1) is 4.47 Å². The molecule has 0 amide bonds. The third kappa shape index (κ3) is 3.03. The molecule has 2 rings (SSSR count). The van der Waals surface area contributed by atoms with E-state index in [1.165, 1.54) is 11.1 Å². The van der Waals surface area contributed by atoms with Gasteiger partial charge < -0.3 is 5.32 Å². The van der Waals surface area contributed by atoms with Gasteiger partial charge in [-0.1, -0.05) is 0 Å². The summed E-state index contributed by atoms with van der Waals surface area (Å²) in [6.45, 7) is 4.83. The Morgan fingerprint density at radius 1 is 1.29 bits per heavy atom. The molecular formula is C13H14BrN3. The predicted octanol–water partition coefficient (Wildman–Crippen LogP) is 3.47. The third-order valence-corrected chi connectivity index (χ3v) is 3.17. The highest BCUT2D eigenvalue weighted by atomic mass is 79.9. The van der Waals surface area contributed by atoms with Gasteiger partial charge in [0.25, 0.3) is 0 Å². The number of nitrogens with one attached hydrogen (secondary N) is 1. The molecule has 0 aliphatic heterocycles. The second-order valence-corrected chi connectivity index (χ2v) is 4.85. The van der Waals surface area contributed by atoms with E-state index in [0.717, 1.165) is 22.4 Å². The lowest BCUT2D eigenvalue weighted by Gasteiger charge is -2.09. The van der Waals surface area contributed by atoms with Gasteiger partial charge in [0.15, 0.2) is 0 Å². The van der Waals surface area contributed by atoms with Crippen LogP contribution in [0.3, 0.4) is 0 Å². The third-order valence-electron chi connectivity index (χ3n) is 2.56. The molecule has 0 unspecified atom stereocenters. The Hall–Kier alpha value is -1.42. The summed E-state index contributed by atoms with van der Waals surface area (Å²) in [4.78, 5) is 8.43. The molecule has 2 aromatic rings. The van der Waals surface area contributed by atoms with Crippen molar-refractivity contribution in [3.8, 4) is 0 Å². The van der Waals surface area contributed by atoms with E-state index in [0.29, 0.717) is 0 Å². The number of hydrogen-bond acceptors (Lipinski definition) is 3. The van der Waals surface area contributed by atoms with Gasteiger partial charge in [-0.15, -0.1) is 0 Å². The molecule has 0 saturated carbocycles. The highest BCUT2D eigenvalue weighted by Crippen LogP contribution is 2.21. The van der Waals surface area contributed by atoms with Crippen LogP contribution in [0.5, 0.6) is 0 Å². The van der Waals surface area contributed by atoms with Crippen molar-refractivity contribution in [3.63, 3.8) is 0 Å². The van der Waals surface area contributed by atoms with Crippen molar-refractivity contribution >= 4 is 21.7 Å². The van der Waals surface area contributed by atoms with Crippen LogP contribution in [0, 0.1) is 13.8 Å². The fourth-order valence-electron chi connectivity index (χ4n) is 1.54. The van der Waals surface area contributed by atoms with Crippen LogP contribution in [-0.4, -0.2) is 9.97 Å². The average Bonchev–Trinajstić information content (AvgIpc) is 2.30. The maximum Gasteiger partial charge on any atom is 0.140 e. The van der Waals surface area contributed by atoms with Crippen molar-refractivity contribution in [2.24, 2.45) is 0 Å². The fraction of sp³-hybridized carbons (Fsp3) is 0.231. The fourth-order valence-corrected chi connectivity index (χ4v) is 2.15. The second-order valence-electron chi connectivity index (χ2n) is 4.00. The molecule has 2 heterocycles. The maximum absolute atomic E-state index is 4.35. The molecule has 0 radical (unpaired) electrons. The molecule has 17 heavy (non-hydrogen) atoms. The van der Waals surface area contributed by atoms with Crippen molar-refractivity contribution in [1.82, 2.24) is 9.97 Å².